The fourth-order valence-corrected chi connectivity index (χ4v) is 2.86. The summed E-state index contributed by atoms with van der Waals surface area (Å²) in [6.07, 6.45) is 4.95. The number of hydrogen-bond acceptors (Lipinski definition) is 4. The molecule has 0 spiro atoms. The smallest absolute Gasteiger partial charge is 0.409 e. The van der Waals surface area contributed by atoms with Crippen LogP contribution < -0.4 is 0 Å². The summed E-state index contributed by atoms with van der Waals surface area (Å²) >= 11 is 0. The number of nitrogens with zero attached hydrogens (tertiary/aromatic N) is 3. The minimum atomic E-state index is -0.250. The number of aromatic nitrogens is 2. The Morgan fingerprint density at radius 3 is 2.90 bits per heavy atom. The third-order valence-corrected chi connectivity index (χ3v) is 3.97. The van der Waals surface area contributed by atoms with Crippen molar-refractivity contribution >= 4 is 17.0 Å². The molecule has 1 amide bonds. The molecule has 1 N–H and O–H groups in total. The van der Waals surface area contributed by atoms with Gasteiger partial charge in [0.1, 0.15) is 0 Å². The number of aromatic hydroxyl groups is 1. The molecule has 0 radical (unpaired) electrons. The Labute approximate surface area is 122 Å². The molecule has 1 fully saturated rings. The fraction of sp³-hybridized carbons (Fsp3) is 0.467. The van der Waals surface area contributed by atoms with Gasteiger partial charge in [-0.1, -0.05) is 0 Å². The average Bonchev–Trinajstić information content (AvgIpc) is 2.85. The second-order valence-electron chi connectivity index (χ2n) is 5.21. The maximum absolute atomic E-state index is 11.7. The van der Waals surface area contributed by atoms with Crippen molar-refractivity contribution in [3.05, 3.63) is 24.5 Å². The Morgan fingerprint density at radius 2 is 2.24 bits per heavy atom. The van der Waals surface area contributed by atoms with Crippen LogP contribution >= 0.6 is 0 Å². The summed E-state index contributed by atoms with van der Waals surface area (Å²) in [7, 11) is 0. The molecule has 0 bridgehead atoms. The summed E-state index contributed by atoms with van der Waals surface area (Å²) in [5, 5.41) is 11.1. The molecule has 3 rings (SSSR count). The van der Waals surface area contributed by atoms with E-state index in [0.717, 1.165) is 23.7 Å². The van der Waals surface area contributed by atoms with Crippen LogP contribution in [0, 0.1) is 0 Å². The van der Waals surface area contributed by atoms with E-state index in [1.807, 2.05) is 22.9 Å². The van der Waals surface area contributed by atoms with E-state index >= 15 is 0 Å². The van der Waals surface area contributed by atoms with Crippen molar-refractivity contribution in [3.8, 4) is 5.88 Å². The van der Waals surface area contributed by atoms with Gasteiger partial charge in [-0.2, -0.15) is 0 Å². The standard InChI is InChI=1S/C15H19N3O3/c1-2-21-15(20)17-8-5-11(6-9-17)18-10-13-12(14(18)19)4-3-7-16-13/h3-4,7,10-11,19H,2,5-6,8-9H2,1H3. The number of carbonyl (C=O) groups is 1. The Morgan fingerprint density at radius 1 is 1.48 bits per heavy atom. The van der Waals surface area contributed by atoms with Crippen LogP contribution in [0.1, 0.15) is 25.8 Å². The lowest BCUT2D eigenvalue weighted by molar-refractivity contribution is 0.0921. The van der Waals surface area contributed by atoms with Crippen LogP contribution in [0.25, 0.3) is 10.9 Å². The molecule has 6 heteroatoms. The average molecular weight is 289 g/mol. The summed E-state index contributed by atoms with van der Waals surface area (Å²) in [5.74, 6) is 0.257. The minimum absolute atomic E-state index is 0.185. The predicted molar refractivity (Wildman–Crippen MR) is 78.3 cm³/mol. The summed E-state index contributed by atoms with van der Waals surface area (Å²) in [6.45, 7) is 3.49. The molecule has 0 aromatic carbocycles. The van der Waals surface area contributed by atoms with Crippen molar-refractivity contribution in [3.63, 3.8) is 0 Å². The van der Waals surface area contributed by atoms with Crippen LogP contribution in [0.5, 0.6) is 5.88 Å². The normalized spacial score (nSPS) is 16.3. The van der Waals surface area contributed by atoms with E-state index in [2.05, 4.69) is 4.98 Å². The third-order valence-electron chi connectivity index (χ3n) is 3.97. The van der Waals surface area contributed by atoms with Gasteiger partial charge in [-0.3, -0.25) is 4.98 Å². The van der Waals surface area contributed by atoms with Gasteiger partial charge in [0, 0.05) is 31.5 Å². The number of fused-ring (bicyclic) bond motifs is 1. The van der Waals surface area contributed by atoms with E-state index in [0.29, 0.717) is 19.7 Å². The van der Waals surface area contributed by atoms with Crippen molar-refractivity contribution in [2.24, 2.45) is 0 Å². The summed E-state index contributed by atoms with van der Waals surface area (Å²) in [6, 6.07) is 3.86. The molecule has 112 valence electrons. The number of pyridine rings is 1. The van der Waals surface area contributed by atoms with Crippen LogP contribution in [0.15, 0.2) is 24.5 Å². The number of ether oxygens (including phenoxy) is 1. The summed E-state index contributed by atoms with van der Waals surface area (Å²) in [5.41, 5.74) is 0.794. The molecule has 0 saturated carbocycles. The third kappa shape index (κ3) is 2.53. The highest BCUT2D eigenvalue weighted by Gasteiger charge is 2.26. The molecule has 1 aliphatic rings. The lowest BCUT2D eigenvalue weighted by Gasteiger charge is -2.32. The largest absolute Gasteiger partial charge is 0.494 e. The molecule has 2 aromatic rings. The maximum Gasteiger partial charge on any atom is 0.409 e. The Kier molecular flexibility index (Phi) is 3.68. The van der Waals surface area contributed by atoms with E-state index in [4.69, 9.17) is 4.74 Å². The Balaban J connectivity index is 1.74. The van der Waals surface area contributed by atoms with Crippen LogP contribution in [-0.2, 0) is 4.74 Å². The van der Waals surface area contributed by atoms with E-state index in [1.54, 1.807) is 18.0 Å². The van der Waals surface area contributed by atoms with Gasteiger partial charge in [0.2, 0.25) is 5.88 Å². The van der Waals surface area contributed by atoms with Crippen LogP contribution in [-0.4, -0.2) is 45.3 Å². The van der Waals surface area contributed by atoms with Gasteiger partial charge < -0.3 is 19.3 Å². The van der Waals surface area contributed by atoms with Crippen molar-refractivity contribution < 1.29 is 14.6 Å². The van der Waals surface area contributed by atoms with Gasteiger partial charge >= 0.3 is 6.09 Å². The number of amides is 1. The molecule has 0 aliphatic carbocycles. The minimum Gasteiger partial charge on any atom is -0.494 e. The molecule has 1 aliphatic heterocycles. The molecule has 2 aromatic heterocycles. The number of rotatable bonds is 2. The SMILES string of the molecule is CCOC(=O)N1CCC(n2cc3ncccc3c2O)CC1. The highest BCUT2D eigenvalue weighted by molar-refractivity contribution is 5.84. The Bertz CT molecular complexity index is 645. The molecule has 0 unspecified atom stereocenters. The monoisotopic (exact) mass is 289 g/mol. The first kappa shape index (κ1) is 13.7. The van der Waals surface area contributed by atoms with Gasteiger partial charge in [0.15, 0.2) is 0 Å². The molecule has 0 atom stereocenters. The fourth-order valence-electron chi connectivity index (χ4n) is 2.86. The van der Waals surface area contributed by atoms with Crippen molar-refractivity contribution in [1.29, 1.82) is 0 Å². The van der Waals surface area contributed by atoms with E-state index in [9.17, 15) is 9.90 Å². The molecule has 6 nitrogen and oxygen atoms in total. The lowest BCUT2D eigenvalue weighted by atomic mass is 10.1. The van der Waals surface area contributed by atoms with Gasteiger partial charge in [-0.15, -0.1) is 0 Å². The number of hydrogen-bond donors (Lipinski definition) is 1. The van der Waals surface area contributed by atoms with Crippen LogP contribution in [0.4, 0.5) is 4.79 Å². The van der Waals surface area contributed by atoms with Gasteiger partial charge in [-0.05, 0) is 31.9 Å². The summed E-state index contributed by atoms with van der Waals surface area (Å²) in [4.78, 5) is 17.7. The first-order valence-electron chi connectivity index (χ1n) is 7.27. The van der Waals surface area contributed by atoms with Crippen molar-refractivity contribution in [2.45, 2.75) is 25.8 Å². The molecular weight excluding hydrogens is 270 g/mol. The van der Waals surface area contributed by atoms with Crippen LogP contribution in [0.2, 0.25) is 0 Å². The predicted octanol–water partition coefficient (Wildman–Crippen LogP) is 2.54. The van der Waals surface area contributed by atoms with E-state index in [-0.39, 0.29) is 18.0 Å². The number of likely N-dealkylation sites (tertiary alicyclic amines) is 1. The zero-order valence-electron chi connectivity index (χ0n) is 12.0. The van der Waals surface area contributed by atoms with Crippen molar-refractivity contribution in [1.82, 2.24) is 14.5 Å². The first-order valence-corrected chi connectivity index (χ1v) is 7.27. The second kappa shape index (κ2) is 5.63. The maximum atomic E-state index is 11.7. The van der Waals surface area contributed by atoms with E-state index < -0.39 is 0 Å². The number of carbonyl (C=O) groups excluding carboxylic acids is 1. The van der Waals surface area contributed by atoms with Gasteiger partial charge in [-0.25, -0.2) is 4.79 Å². The molecular formula is C15H19N3O3. The summed E-state index contributed by atoms with van der Waals surface area (Å²) < 4.78 is 6.89. The zero-order valence-corrected chi connectivity index (χ0v) is 12.0. The molecule has 21 heavy (non-hydrogen) atoms. The highest BCUT2D eigenvalue weighted by atomic mass is 16.6. The number of piperidine rings is 1. The van der Waals surface area contributed by atoms with Crippen LogP contribution in [0.3, 0.4) is 0 Å². The van der Waals surface area contributed by atoms with E-state index in [1.165, 1.54) is 0 Å². The first-order chi connectivity index (χ1) is 10.2. The lowest BCUT2D eigenvalue weighted by Crippen LogP contribution is -2.39. The zero-order chi connectivity index (χ0) is 14.8. The molecule has 3 heterocycles. The molecule has 1 saturated heterocycles. The van der Waals surface area contributed by atoms with Gasteiger partial charge in [0.25, 0.3) is 0 Å². The second-order valence-corrected chi connectivity index (χ2v) is 5.21. The topological polar surface area (TPSA) is 67.6 Å². The highest BCUT2D eigenvalue weighted by Crippen LogP contribution is 2.33. The Hall–Kier alpha value is -2.24. The van der Waals surface area contributed by atoms with Crippen molar-refractivity contribution in [2.75, 3.05) is 19.7 Å². The quantitative estimate of drug-likeness (QED) is 0.922. The van der Waals surface area contributed by atoms with Gasteiger partial charge in [0.05, 0.1) is 17.5 Å².